The summed E-state index contributed by atoms with van der Waals surface area (Å²) in [6, 6.07) is 11.2. The van der Waals surface area contributed by atoms with Gasteiger partial charge in [0, 0.05) is 19.3 Å². The number of rotatable bonds is 5. The van der Waals surface area contributed by atoms with Gasteiger partial charge in [-0.2, -0.15) is 0 Å². The van der Waals surface area contributed by atoms with Crippen LogP contribution >= 0.6 is 0 Å². The topological polar surface area (TPSA) is 83.5 Å². The summed E-state index contributed by atoms with van der Waals surface area (Å²) in [5, 5.41) is 0. The second-order valence-corrected chi connectivity index (χ2v) is 10.6. The van der Waals surface area contributed by atoms with E-state index in [1.165, 1.54) is 18.4 Å². The number of benzene rings is 2. The first-order valence-corrected chi connectivity index (χ1v) is 12.2. The predicted molar refractivity (Wildman–Crippen MR) is 108 cm³/mol. The fourth-order valence-corrected chi connectivity index (χ4v) is 5.14. The van der Waals surface area contributed by atoms with Gasteiger partial charge < -0.3 is 4.90 Å². The summed E-state index contributed by atoms with van der Waals surface area (Å²) in [4.78, 5) is 2.41. The van der Waals surface area contributed by atoms with Crippen molar-refractivity contribution in [2.45, 2.75) is 36.0 Å². The predicted octanol–water partition coefficient (Wildman–Crippen LogP) is 3.19. The first kappa shape index (κ1) is 19.7. The van der Waals surface area contributed by atoms with Crippen molar-refractivity contribution in [3.05, 3.63) is 48.0 Å². The van der Waals surface area contributed by atoms with Gasteiger partial charge in [-0.05, 0) is 56.5 Å². The first-order valence-electron chi connectivity index (χ1n) is 8.85. The van der Waals surface area contributed by atoms with E-state index >= 15 is 0 Å². The molecule has 0 atom stereocenters. The minimum atomic E-state index is -3.74. The summed E-state index contributed by atoms with van der Waals surface area (Å²) in [5.74, 6) is 0. The van der Waals surface area contributed by atoms with Crippen LogP contribution in [-0.2, 0) is 19.9 Å². The molecule has 1 saturated heterocycles. The number of sulfonamides is 1. The molecule has 27 heavy (non-hydrogen) atoms. The Morgan fingerprint density at radius 1 is 0.889 bits per heavy atom. The van der Waals surface area contributed by atoms with E-state index < -0.39 is 19.9 Å². The van der Waals surface area contributed by atoms with Gasteiger partial charge in [0.1, 0.15) is 0 Å². The molecule has 1 aliphatic rings. The van der Waals surface area contributed by atoms with Crippen LogP contribution in [0.15, 0.2) is 52.3 Å². The van der Waals surface area contributed by atoms with Gasteiger partial charge in [0.15, 0.2) is 9.84 Å². The van der Waals surface area contributed by atoms with E-state index in [1.807, 2.05) is 11.8 Å². The van der Waals surface area contributed by atoms with Crippen molar-refractivity contribution < 1.29 is 16.8 Å². The molecule has 6 nitrogen and oxygen atoms in total. The third-order valence-electron chi connectivity index (χ3n) is 4.64. The Hall–Kier alpha value is -2.06. The Kier molecular flexibility index (Phi) is 5.48. The van der Waals surface area contributed by atoms with Crippen LogP contribution in [0.25, 0.3) is 0 Å². The largest absolute Gasteiger partial charge is 0.370 e. The standard InChI is InChI=1S/C19H24N2O4S2/c1-15-6-9-17(10-7-15)27(24,25)20-16-8-11-19(26(2,22)23)18(14-16)21-12-4-3-5-13-21/h6-11,14,20H,3-5,12-13H2,1-2H3. The highest BCUT2D eigenvalue weighted by atomic mass is 32.2. The molecule has 8 heteroatoms. The third kappa shape index (κ3) is 4.62. The van der Waals surface area contributed by atoms with Crippen molar-refractivity contribution in [2.24, 2.45) is 0 Å². The zero-order valence-electron chi connectivity index (χ0n) is 15.5. The van der Waals surface area contributed by atoms with Gasteiger partial charge in [0.2, 0.25) is 0 Å². The van der Waals surface area contributed by atoms with Gasteiger partial charge in [-0.3, -0.25) is 4.72 Å². The van der Waals surface area contributed by atoms with Crippen molar-refractivity contribution in [3.8, 4) is 0 Å². The SMILES string of the molecule is Cc1ccc(S(=O)(=O)Nc2ccc(S(C)(=O)=O)c(N3CCCCC3)c2)cc1. The van der Waals surface area contributed by atoms with Crippen LogP contribution in [0.3, 0.4) is 0 Å². The third-order valence-corrected chi connectivity index (χ3v) is 7.18. The van der Waals surface area contributed by atoms with Crippen LogP contribution in [-0.4, -0.2) is 36.2 Å². The van der Waals surface area contributed by atoms with Gasteiger partial charge in [-0.25, -0.2) is 16.8 Å². The normalized spacial score (nSPS) is 15.6. The van der Waals surface area contributed by atoms with Crippen LogP contribution in [0.1, 0.15) is 24.8 Å². The van der Waals surface area contributed by atoms with Gasteiger partial charge in [-0.1, -0.05) is 17.7 Å². The van der Waals surface area contributed by atoms with Gasteiger partial charge in [0.25, 0.3) is 10.0 Å². The number of hydrogen-bond acceptors (Lipinski definition) is 5. The molecule has 0 aliphatic carbocycles. The van der Waals surface area contributed by atoms with Crippen LogP contribution in [0.2, 0.25) is 0 Å². The summed E-state index contributed by atoms with van der Waals surface area (Å²) < 4.78 is 52.2. The van der Waals surface area contributed by atoms with Crippen LogP contribution in [0.5, 0.6) is 0 Å². The van der Waals surface area contributed by atoms with Crippen LogP contribution < -0.4 is 9.62 Å². The lowest BCUT2D eigenvalue weighted by Crippen LogP contribution is -2.30. The maximum atomic E-state index is 12.6. The second-order valence-electron chi connectivity index (χ2n) is 6.92. The summed E-state index contributed by atoms with van der Waals surface area (Å²) in [7, 11) is -7.16. The Bertz CT molecular complexity index is 1020. The Labute approximate surface area is 161 Å². The fourth-order valence-electron chi connectivity index (χ4n) is 3.21. The highest BCUT2D eigenvalue weighted by molar-refractivity contribution is 7.92. The molecule has 146 valence electrons. The van der Waals surface area contributed by atoms with E-state index in [0.717, 1.165) is 37.9 Å². The molecule has 1 N–H and O–H groups in total. The van der Waals surface area contributed by atoms with Gasteiger partial charge >= 0.3 is 0 Å². The van der Waals surface area contributed by atoms with Gasteiger partial charge in [0.05, 0.1) is 21.2 Å². The average molecular weight is 409 g/mol. The Morgan fingerprint density at radius 2 is 1.52 bits per heavy atom. The smallest absolute Gasteiger partial charge is 0.261 e. The molecule has 0 radical (unpaired) electrons. The highest BCUT2D eigenvalue weighted by Gasteiger charge is 2.22. The molecule has 0 saturated carbocycles. The monoisotopic (exact) mass is 408 g/mol. The van der Waals surface area contributed by atoms with Gasteiger partial charge in [-0.15, -0.1) is 0 Å². The molecule has 2 aromatic carbocycles. The molecule has 3 rings (SSSR count). The van der Waals surface area contributed by atoms with Crippen molar-refractivity contribution in [1.29, 1.82) is 0 Å². The molecule has 1 heterocycles. The number of piperidine rings is 1. The first-order chi connectivity index (χ1) is 12.7. The van der Waals surface area contributed by atoms with E-state index in [2.05, 4.69) is 4.72 Å². The lowest BCUT2D eigenvalue weighted by molar-refractivity contribution is 0.572. The summed E-state index contributed by atoms with van der Waals surface area (Å²) in [6.45, 7) is 3.41. The van der Waals surface area contributed by atoms with Crippen molar-refractivity contribution >= 4 is 31.2 Å². The zero-order chi connectivity index (χ0) is 19.7. The number of nitrogens with one attached hydrogen (secondary N) is 1. The molecule has 0 spiro atoms. The maximum Gasteiger partial charge on any atom is 0.261 e. The molecular weight excluding hydrogens is 384 g/mol. The lowest BCUT2D eigenvalue weighted by Gasteiger charge is -2.30. The summed E-state index contributed by atoms with van der Waals surface area (Å²) in [6.07, 6.45) is 4.27. The van der Waals surface area contributed by atoms with E-state index in [4.69, 9.17) is 0 Å². The fraction of sp³-hybridized carbons (Fsp3) is 0.368. The number of aryl methyl sites for hydroxylation is 1. The minimum absolute atomic E-state index is 0.166. The summed E-state index contributed by atoms with van der Waals surface area (Å²) in [5.41, 5.74) is 1.88. The van der Waals surface area contributed by atoms with Crippen LogP contribution in [0.4, 0.5) is 11.4 Å². The van der Waals surface area contributed by atoms with Crippen molar-refractivity contribution in [1.82, 2.24) is 0 Å². The van der Waals surface area contributed by atoms with E-state index in [1.54, 1.807) is 30.3 Å². The lowest BCUT2D eigenvalue weighted by atomic mass is 10.1. The Balaban J connectivity index is 1.97. The molecule has 0 unspecified atom stereocenters. The average Bonchev–Trinajstić information content (AvgIpc) is 2.61. The van der Waals surface area contributed by atoms with Crippen molar-refractivity contribution in [3.63, 3.8) is 0 Å². The highest BCUT2D eigenvalue weighted by Crippen LogP contribution is 2.31. The quantitative estimate of drug-likeness (QED) is 0.821. The van der Waals surface area contributed by atoms with Crippen LogP contribution in [0, 0.1) is 6.92 Å². The molecule has 0 bridgehead atoms. The van der Waals surface area contributed by atoms with Crippen molar-refractivity contribution in [2.75, 3.05) is 29.0 Å². The minimum Gasteiger partial charge on any atom is -0.370 e. The number of hydrogen-bond donors (Lipinski definition) is 1. The Morgan fingerprint density at radius 3 is 2.11 bits per heavy atom. The molecule has 1 fully saturated rings. The van der Waals surface area contributed by atoms with E-state index in [0.29, 0.717) is 11.4 Å². The number of anilines is 2. The molecule has 1 aliphatic heterocycles. The molecule has 2 aromatic rings. The van der Waals surface area contributed by atoms with E-state index in [-0.39, 0.29) is 9.79 Å². The molecular formula is C19H24N2O4S2. The second kappa shape index (κ2) is 7.52. The van der Waals surface area contributed by atoms with E-state index in [9.17, 15) is 16.8 Å². The number of nitrogens with zero attached hydrogens (tertiary/aromatic N) is 1. The number of sulfone groups is 1. The molecule has 0 amide bonds. The molecule has 0 aromatic heterocycles. The summed E-state index contributed by atoms with van der Waals surface area (Å²) >= 11 is 0. The zero-order valence-corrected chi connectivity index (χ0v) is 17.1. The maximum absolute atomic E-state index is 12.6.